The predicted octanol–water partition coefficient (Wildman–Crippen LogP) is 2.57. The Hall–Kier alpha value is -3.48. The number of aromatic amines is 1. The van der Waals surface area contributed by atoms with Gasteiger partial charge in [0.05, 0.1) is 5.56 Å². The van der Waals surface area contributed by atoms with Gasteiger partial charge in [0.25, 0.3) is 11.8 Å². The van der Waals surface area contributed by atoms with Crippen molar-refractivity contribution in [1.82, 2.24) is 14.8 Å². The van der Waals surface area contributed by atoms with E-state index >= 15 is 0 Å². The van der Waals surface area contributed by atoms with E-state index in [-0.39, 0.29) is 17.4 Å². The van der Waals surface area contributed by atoms with Crippen molar-refractivity contribution in [2.75, 3.05) is 26.2 Å². The molecule has 148 valence electrons. The van der Waals surface area contributed by atoms with Crippen LogP contribution in [0.1, 0.15) is 26.3 Å². The fraction of sp³-hybridized carbons (Fsp3) is 0.227. The normalized spacial score (nSPS) is 14.3. The van der Waals surface area contributed by atoms with E-state index in [4.69, 9.17) is 0 Å². The number of carbonyl (C=O) groups is 2. The molecule has 3 aromatic rings. The summed E-state index contributed by atoms with van der Waals surface area (Å²) in [6.07, 6.45) is 0. The molecule has 0 radical (unpaired) electrons. The third-order valence-electron chi connectivity index (χ3n) is 5.25. The lowest BCUT2D eigenvalue weighted by Gasteiger charge is -2.35. The zero-order chi connectivity index (χ0) is 20.5. The second kappa shape index (κ2) is 7.50. The summed E-state index contributed by atoms with van der Waals surface area (Å²) in [6.45, 7) is 3.04. The summed E-state index contributed by atoms with van der Waals surface area (Å²) in [5, 5.41) is 0.686. The number of halogens is 1. The quantitative estimate of drug-likeness (QED) is 0.727. The van der Waals surface area contributed by atoms with Crippen LogP contribution in [0.15, 0.2) is 53.3 Å². The van der Waals surface area contributed by atoms with Crippen molar-refractivity contribution in [3.05, 3.63) is 81.4 Å². The van der Waals surface area contributed by atoms with Gasteiger partial charge in [0, 0.05) is 48.7 Å². The van der Waals surface area contributed by atoms with Crippen LogP contribution in [0.2, 0.25) is 0 Å². The maximum atomic E-state index is 13.8. The molecule has 2 amide bonds. The Morgan fingerprint density at radius 3 is 2.28 bits per heavy atom. The molecule has 7 heteroatoms. The van der Waals surface area contributed by atoms with Crippen LogP contribution in [-0.2, 0) is 0 Å². The second-order valence-electron chi connectivity index (χ2n) is 7.14. The third kappa shape index (κ3) is 3.63. The molecule has 1 aliphatic heterocycles. The van der Waals surface area contributed by atoms with Crippen LogP contribution in [0.4, 0.5) is 4.39 Å². The van der Waals surface area contributed by atoms with Gasteiger partial charge < -0.3 is 14.8 Å². The number of aryl methyl sites for hydroxylation is 1. The zero-order valence-electron chi connectivity index (χ0n) is 15.9. The van der Waals surface area contributed by atoms with Gasteiger partial charge in [-0.25, -0.2) is 4.39 Å². The highest BCUT2D eigenvalue weighted by Gasteiger charge is 2.27. The first kappa shape index (κ1) is 18.9. The number of nitrogens with one attached hydrogen (secondary N) is 1. The highest BCUT2D eigenvalue weighted by atomic mass is 19.1. The number of carbonyl (C=O) groups excluding carboxylic acids is 2. The number of pyridine rings is 1. The minimum absolute atomic E-state index is 0.235. The molecule has 0 saturated carbocycles. The number of fused-ring (bicyclic) bond motifs is 1. The van der Waals surface area contributed by atoms with Gasteiger partial charge in [-0.3, -0.25) is 14.4 Å². The number of benzene rings is 2. The number of piperazine rings is 1. The van der Waals surface area contributed by atoms with Crippen LogP contribution in [-0.4, -0.2) is 52.8 Å². The van der Waals surface area contributed by atoms with Crippen LogP contribution >= 0.6 is 0 Å². The first-order valence-electron chi connectivity index (χ1n) is 9.41. The summed E-state index contributed by atoms with van der Waals surface area (Å²) >= 11 is 0. The Morgan fingerprint density at radius 1 is 0.931 bits per heavy atom. The monoisotopic (exact) mass is 393 g/mol. The number of hydrogen-bond donors (Lipinski definition) is 1. The van der Waals surface area contributed by atoms with E-state index in [2.05, 4.69) is 4.98 Å². The van der Waals surface area contributed by atoms with Gasteiger partial charge in [-0.1, -0.05) is 24.3 Å². The molecule has 1 aliphatic rings. The van der Waals surface area contributed by atoms with Crippen LogP contribution in [0, 0.1) is 12.7 Å². The van der Waals surface area contributed by atoms with Crippen molar-refractivity contribution in [2.45, 2.75) is 6.92 Å². The smallest absolute Gasteiger partial charge is 0.254 e. The maximum absolute atomic E-state index is 13.8. The van der Waals surface area contributed by atoms with Crippen molar-refractivity contribution in [2.24, 2.45) is 0 Å². The van der Waals surface area contributed by atoms with E-state index in [0.717, 1.165) is 0 Å². The van der Waals surface area contributed by atoms with Gasteiger partial charge in [0.1, 0.15) is 5.82 Å². The Labute approximate surface area is 166 Å². The molecule has 0 aliphatic carbocycles. The van der Waals surface area contributed by atoms with Crippen molar-refractivity contribution in [3.8, 4) is 0 Å². The van der Waals surface area contributed by atoms with Gasteiger partial charge in [0.2, 0.25) is 5.56 Å². The summed E-state index contributed by atoms with van der Waals surface area (Å²) in [4.78, 5) is 43.6. The van der Waals surface area contributed by atoms with Gasteiger partial charge >= 0.3 is 0 Å². The molecule has 4 rings (SSSR count). The molecule has 29 heavy (non-hydrogen) atoms. The van der Waals surface area contributed by atoms with E-state index in [0.29, 0.717) is 53.8 Å². The lowest BCUT2D eigenvalue weighted by Crippen LogP contribution is -2.50. The molecule has 1 fully saturated rings. The number of amides is 2. The Kier molecular flexibility index (Phi) is 4.88. The summed E-state index contributed by atoms with van der Waals surface area (Å²) in [6, 6.07) is 12.9. The first-order valence-corrected chi connectivity index (χ1v) is 9.41. The molecule has 0 spiro atoms. The molecule has 2 aromatic carbocycles. The Balaban J connectivity index is 1.50. The van der Waals surface area contributed by atoms with Crippen molar-refractivity contribution >= 4 is 22.7 Å². The van der Waals surface area contributed by atoms with Crippen LogP contribution in [0.3, 0.4) is 0 Å². The van der Waals surface area contributed by atoms with E-state index < -0.39 is 5.82 Å². The van der Waals surface area contributed by atoms with Crippen LogP contribution in [0.5, 0.6) is 0 Å². The molecule has 1 N–H and O–H groups in total. The molecular formula is C22H20FN3O3. The average Bonchev–Trinajstić information content (AvgIpc) is 2.74. The number of hydrogen-bond acceptors (Lipinski definition) is 3. The average molecular weight is 393 g/mol. The second-order valence-corrected chi connectivity index (χ2v) is 7.14. The predicted molar refractivity (Wildman–Crippen MR) is 108 cm³/mol. The van der Waals surface area contributed by atoms with Crippen molar-refractivity contribution in [1.29, 1.82) is 0 Å². The highest BCUT2D eigenvalue weighted by Crippen LogP contribution is 2.18. The molecule has 0 bridgehead atoms. The Bertz CT molecular complexity index is 1160. The standard InChI is InChI=1S/C22H20FN3O3/c1-14-6-7-15(12-18(14)23)21(28)25-8-10-26(11-9-25)22(29)17-13-20(27)24-19-5-3-2-4-16(17)19/h2-7,12-13H,8-11H2,1H3,(H,24,27). The highest BCUT2D eigenvalue weighted by molar-refractivity contribution is 6.06. The van der Waals surface area contributed by atoms with Gasteiger partial charge in [-0.05, 0) is 30.7 Å². The summed E-state index contributed by atoms with van der Waals surface area (Å²) in [7, 11) is 0. The molecule has 2 heterocycles. The third-order valence-corrected chi connectivity index (χ3v) is 5.25. The van der Waals surface area contributed by atoms with Gasteiger partial charge in [-0.2, -0.15) is 0 Å². The van der Waals surface area contributed by atoms with Gasteiger partial charge in [0.15, 0.2) is 0 Å². The van der Waals surface area contributed by atoms with E-state index in [1.54, 1.807) is 47.1 Å². The molecule has 1 saturated heterocycles. The summed E-state index contributed by atoms with van der Waals surface area (Å²) < 4.78 is 13.8. The molecular weight excluding hydrogens is 373 g/mol. The number of rotatable bonds is 2. The number of para-hydroxylation sites is 1. The van der Waals surface area contributed by atoms with Crippen LogP contribution in [0.25, 0.3) is 10.9 Å². The first-order chi connectivity index (χ1) is 13.9. The topological polar surface area (TPSA) is 73.5 Å². The fourth-order valence-corrected chi connectivity index (χ4v) is 3.57. The fourth-order valence-electron chi connectivity index (χ4n) is 3.57. The number of nitrogens with zero attached hydrogens (tertiary/aromatic N) is 2. The number of aromatic nitrogens is 1. The number of H-pyrrole nitrogens is 1. The summed E-state index contributed by atoms with van der Waals surface area (Å²) in [5.74, 6) is -0.899. The largest absolute Gasteiger partial charge is 0.335 e. The SMILES string of the molecule is Cc1ccc(C(=O)N2CCN(C(=O)c3cc(=O)[nH]c4ccccc34)CC2)cc1F. The van der Waals surface area contributed by atoms with Crippen molar-refractivity contribution < 1.29 is 14.0 Å². The summed E-state index contributed by atoms with van der Waals surface area (Å²) in [5.41, 5.74) is 1.42. The Morgan fingerprint density at radius 2 is 1.59 bits per heavy atom. The zero-order valence-corrected chi connectivity index (χ0v) is 15.9. The minimum Gasteiger partial charge on any atom is -0.335 e. The lowest BCUT2D eigenvalue weighted by atomic mass is 10.1. The van der Waals surface area contributed by atoms with Crippen molar-refractivity contribution in [3.63, 3.8) is 0 Å². The van der Waals surface area contributed by atoms with E-state index in [1.165, 1.54) is 12.1 Å². The van der Waals surface area contributed by atoms with E-state index in [9.17, 15) is 18.8 Å². The molecule has 1 aromatic heterocycles. The molecule has 6 nitrogen and oxygen atoms in total. The van der Waals surface area contributed by atoms with Crippen LogP contribution < -0.4 is 5.56 Å². The molecule has 0 atom stereocenters. The lowest BCUT2D eigenvalue weighted by molar-refractivity contribution is 0.0536. The minimum atomic E-state index is -0.411. The molecule has 0 unspecified atom stereocenters. The van der Waals surface area contributed by atoms with E-state index in [1.807, 2.05) is 6.07 Å². The van der Waals surface area contributed by atoms with Gasteiger partial charge in [-0.15, -0.1) is 0 Å². The maximum Gasteiger partial charge on any atom is 0.254 e.